The predicted octanol–water partition coefficient (Wildman–Crippen LogP) is 1.81. The van der Waals surface area contributed by atoms with E-state index >= 15 is 0 Å². The highest BCUT2D eigenvalue weighted by atomic mass is 16.2. The molecule has 0 bridgehead atoms. The minimum Gasteiger partial charge on any atom is -0.353 e. The second-order valence-corrected chi connectivity index (χ2v) is 9.36. The average molecular weight is 379 g/mol. The van der Waals surface area contributed by atoms with Gasteiger partial charge in [0.05, 0.1) is 0 Å². The van der Waals surface area contributed by atoms with Crippen molar-refractivity contribution in [2.75, 3.05) is 0 Å². The summed E-state index contributed by atoms with van der Waals surface area (Å²) >= 11 is 0. The van der Waals surface area contributed by atoms with Crippen molar-refractivity contribution in [3.63, 3.8) is 0 Å². The van der Waals surface area contributed by atoms with Crippen molar-refractivity contribution < 1.29 is 9.59 Å². The van der Waals surface area contributed by atoms with Crippen molar-refractivity contribution in [1.29, 1.82) is 0 Å². The van der Waals surface area contributed by atoms with Gasteiger partial charge in [-0.25, -0.2) is 0 Å². The van der Waals surface area contributed by atoms with E-state index in [1.807, 2.05) is 0 Å². The summed E-state index contributed by atoms with van der Waals surface area (Å²) < 4.78 is 0. The maximum atomic E-state index is 12.6. The third kappa shape index (κ3) is 5.67. The standard InChI is InChI=1S/C21H38N4O2/c1-13-4-2-3-5-19(13)25-20(26)14-6-8-18(9-7-14)24-21(27)15-10-16(22)12-17(23)11-15/h13-19H,2-12,22-23H2,1H3,(H,24,27)(H,25,26). The molecule has 3 aliphatic carbocycles. The molecule has 0 aromatic heterocycles. The van der Waals surface area contributed by atoms with Crippen LogP contribution in [0.25, 0.3) is 0 Å². The van der Waals surface area contributed by atoms with Crippen LogP contribution < -0.4 is 22.1 Å². The molecule has 6 N–H and O–H groups in total. The first-order valence-electron chi connectivity index (χ1n) is 11.0. The number of carbonyl (C=O) groups excluding carboxylic acids is 2. The largest absolute Gasteiger partial charge is 0.353 e. The Bertz CT molecular complexity index is 508. The topological polar surface area (TPSA) is 110 Å². The highest BCUT2D eigenvalue weighted by molar-refractivity contribution is 5.80. The van der Waals surface area contributed by atoms with E-state index in [0.29, 0.717) is 12.0 Å². The summed E-state index contributed by atoms with van der Waals surface area (Å²) in [5.41, 5.74) is 12.0. The summed E-state index contributed by atoms with van der Waals surface area (Å²) in [7, 11) is 0. The zero-order chi connectivity index (χ0) is 19.4. The third-order valence-corrected chi connectivity index (χ3v) is 7.03. The zero-order valence-corrected chi connectivity index (χ0v) is 16.8. The lowest BCUT2D eigenvalue weighted by molar-refractivity contribution is -0.128. The van der Waals surface area contributed by atoms with Crippen LogP contribution in [-0.2, 0) is 9.59 Å². The van der Waals surface area contributed by atoms with E-state index < -0.39 is 0 Å². The number of carbonyl (C=O) groups is 2. The van der Waals surface area contributed by atoms with E-state index in [2.05, 4.69) is 17.6 Å². The van der Waals surface area contributed by atoms with Gasteiger partial charge in [-0.05, 0) is 63.7 Å². The first-order chi connectivity index (χ1) is 12.9. The molecule has 3 fully saturated rings. The Morgan fingerprint density at radius 1 is 0.741 bits per heavy atom. The number of hydrogen-bond donors (Lipinski definition) is 4. The molecule has 0 radical (unpaired) electrons. The molecule has 27 heavy (non-hydrogen) atoms. The van der Waals surface area contributed by atoms with Gasteiger partial charge >= 0.3 is 0 Å². The second kappa shape index (κ2) is 9.37. The zero-order valence-electron chi connectivity index (χ0n) is 16.8. The number of nitrogens with one attached hydrogen (secondary N) is 2. The molecule has 0 spiro atoms. The summed E-state index contributed by atoms with van der Waals surface area (Å²) in [4.78, 5) is 25.2. The molecule has 4 atom stereocenters. The first-order valence-corrected chi connectivity index (χ1v) is 11.0. The quantitative estimate of drug-likeness (QED) is 0.598. The number of amides is 2. The van der Waals surface area contributed by atoms with Crippen molar-refractivity contribution in [2.45, 2.75) is 102 Å². The van der Waals surface area contributed by atoms with Crippen LogP contribution in [0, 0.1) is 17.8 Å². The second-order valence-electron chi connectivity index (χ2n) is 9.36. The van der Waals surface area contributed by atoms with Crippen LogP contribution in [0.5, 0.6) is 0 Å². The Kier molecular flexibility index (Phi) is 7.15. The van der Waals surface area contributed by atoms with Crippen molar-refractivity contribution in [3.8, 4) is 0 Å². The highest BCUT2D eigenvalue weighted by Gasteiger charge is 2.33. The van der Waals surface area contributed by atoms with Gasteiger partial charge in [0.25, 0.3) is 0 Å². The maximum absolute atomic E-state index is 12.6. The van der Waals surface area contributed by atoms with Crippen molar-refractivity contribution >= 4 is 11.8 Å². The van der Waals surface area contributed by atoms with E-state index in [4.69, 9.17) is 11.5 Å². The summed E-state index contributed by atoms with van der Waals surface area (Å²) in [5.74, 6) is 0.959. The van der Waals surface area contributed by atoms with Crippen LogP contribution in [0.1, 0.15) is 77.6 Å². The van der Waals surface area contributed by atoms with E-state index in [-0.39, 0.29) is 41.8 Å². The van der Waals surface area contributed by atoms with Crippen molar-refractivity contribution in [2.24, 2.45) is 29.2 Å². The van der Waals surface area contributed by atoms with Crippen LogP contribution in [0.15, 0.2) is 0 Å². The van der Waals surface area contributed by atoms with Gasteiger partial charge in [0.2, 0.25) is 11.8 Å². The smallest absolute Gasteiger partial charge is 0.223 e. The molecule has 3 rings (SSSR count). The van der Waals surface area contributed by atoms with E-state index in [9.17, 15) is 9.59 Å². The molecule has 6 heteroatoms. The Morgan fingerprint density at radius 2 is 1.33 bits per heavy atom. The molecule has 2 amide bonds. The SMILES string of the molecule is CC1CCCCC1NC(=O)C1CCC(NC(=O)C2CC(N)CC(N)C2)CC1. The molecule has 3 aliphatic rings. The van der Waals surface area contributed by atoms with Crippen LogP contribution in [0.2, 0.25) is 0 Å². The minimum absolute atomic E-state index is 0.0334. The Balaban J connectivity index is 1.40. The van der Waals surface area contributed by atoms with E-state index in [1.54, 1.807) is 0 Å². The van der Waals surface area contributed by atoms with Gasteiger partial charge in [-0.2, -0.15) is 0 Å². The Morgan fingerprint density at radius 3 is 1.96 bits per heavy atom. The third-order valence-electron chi connectivity index (χ3n) is 7.03. The molecule has 0 aromatic carbocycles. The first kappa shape index (κ1) is 20.6. The lowest BCUT2D eigenvalue weighted by Crippen LogP contribution is -2.49. The monoisotopic (exact) mass is 378 g/mol. The van der Waals surface area contributed by atoms with Crippen molar-refractivity contribution in [1.82, 2.24) is 10.6 Å². The summed E-state index contributed by atoms with van der Waals surface area (Å²) in [6, 6.07) is 0.602. The molecule has 154 valence electrons. The normalized spacial score (nSPS) is 40.2. The van der Waals surface area contributed by atoms with Crippen LogP contribution in [0.3, 0.4) is 0 Å². The lowest BCUT2D eigenvalue weighted by atomic mass is 9.81. The van der Waals surface area contributed by atoms with Gasteiger partial charge in [-0.15, -0.1) is 0 Å². The molecular weight excluding hydrogens is 340 g/mol. The Hall–Kier alpha value is -1.14. The number of rotatable bonds is 4. The van der Waals surface area contributed by atoms with Crippen LogP contribution in [-0.4, -0.2) is 36.0 Å². The molecule has 0 aliphatic heterocycles. The molecule has 6 nitrogen and oxygen atoms in total. The van der Waals surface area contributed by atoms with Gasteiger partial charge < -0.3 is 22.1 Å². The maximum Gasteiger partial charge on any atom is 0.223 e. The summed E-state index contributed by atoms with van der Waals surface area (Å²) in [5, 5.41) is 6.50. The van der Waals surface area contributed by atoms with E-state index in [0.717, 1.165) is 51.4 Å². The molecule has 0 aromatic rings. The summed E-state index contributed by atoms with van der Waals surface area (Å²) in [6.45, 7) is 2.25. The number of nitrogens with two attached hydrogens (primary N) is 2. The van der Waals surface area contributed by atoms with Gasteiger partial charge in [0.15, 0.2) is 0 Å². The van der Waals surface area contributed by atoms with Crippen molar-refractivity contribution in [3.05, 3.63) is 0 Å². The fourth-order valence-electron chi connectivity index (χ4n) is 5.27. The molecular formula is C21H38N4O2. The van der Waals surface area contributed by atoms with E-state index in [1.165, 1.54) is 19.3 Å². The fraction of sp³-hybridized carbons (Fsp3) is 0.905. The number of hydrogen-bond acceptors (Lipinski definition) is 4. The van der Waals surface area contributed by atoms with Crippen LogP contribution in [0.4, 0.5) is 0 Å². The molecule has 0 saturated heterocycles. The highest BCUT2D eigenvalue weighted by Crippen LogP contribution is 2.28. The molecule has 0 heterocycles. The Labute approximate surface area is 163 Å². The molecule has 3 saturated carbocycles. The fourth-order valence-corrected chi connectivity index (χ4v) is 5.27. The van der Waals surface area contributed by atoms with Gasteiger partial charge in [0, 0.05) is 36.0 Å². The molecule has 4 unspecified atom stereocenters. The average Bonchev–Trinajstić information content (AvgIpc) is 2.63. The van der Waals surface area contributed by atoms with Crippen LogP contribution >= 0.6 is 0 Å². The minimum atomic E-state index is -0.0578. The van der Waals surface area contributed by atoms with Gasteiger partial charge in [-0.1, -0.05) is 19.8 Å². The summed E-state index contributed by atoms with van der Waals surface area (Å²) in [6.07, 6.45) is 10.6. The lowest BCUT2D eigenvalue weighted by Gasteiger charge is -2.34. The van der Waals surface area contributed by atoms with Gasteiger partial charge in [-0.3, -0.25) is 9.59 Å². The predicted molar refractivity (Wildman–Crippen MR) is 107 cm³/mol. The van der Waals surface area contributed by atoms with Gasteiger partial charge in [0.1, 0.15) is 0 Å².